The van der Waals surface area contributed by atoms with Crippen LogP contribution in [-0.2, 0) is 17.8 Å². The number of ether oxygens (including phenoxy) is 1. The van der Waals surface area contributed by atoms with Gasteiger partial charge < -0.3 is 25.6 Å². The number of nitrogens with one attached hydrogen (secondary N) is 3. The fourth-order valence-electron chi connectivity index (χ4n) is 2.56. The zero-order chi connectivity index (χ0) is 22.1. The summed E-state index contributed by atoms with van der Waals surface area (Å²) in [5.74, 6) is 0.712. The highest BCUT2D eigenvalue weighted by molar-refractivity contribution is 5.80. The van der Waals surface area contributed by atoms with Gasteiger partial charge in [-0.1, -0.05) is 24.3 Å². The molecule has 0 saturated heterocycles. The van der Waals surface area contributed by atoms with Gasteiger partial charge >= 0.3 is 6.09 Å². The maximum Gasteiger partial charge on any atom is 0.408 e. The fraction of sp³-hybridized carbons (Fsp3) is 0.636. The molecule has 0 heterocycles. The van der Waals surface area contributed by atoms with Crippen molar-refractivity contribution in [2.75, 3.05) is 27.2 Å². The summed E-state index contributed by atoms with van der Waals surface area (Å²) in [6.45, 7) is 14.2. The molecule has 29 heavy (non-hydrogen) atoms. The molecule has 1 amide bonds. The monoisotopic (exact) mass is 405 g/mol. The van der Waals surface area contributed by atoms with E-state index in [1.807, 2.05) is 41.5 Å². The summed E-state index contributed by atoms with van der Waals surface area (Å²) in [4.78, 5) is 18.8. The lowest BCUT2D eigenvalue weighted by atomic mass is 10.1. The molecule has 0 aliphatic heterocycles. The van der Waals surface area contributed by atoms with Crippen molar-refractivity contribution in [3.63, 3.8) is 0 Å². The minimum absolute atomic E-state index is 0.427. The first-order valence-electron chi connectivity index (χ1n) is 10.2. The molecule has 1 rings (SSSR count). The van der Waals surface area contributed by atoms with Crippen molar-refractivity contribution in [1.29, 1.82) is 0 Å². The van der Waals surface area contributed by atoms with Crippen molar-refractivity contribution in [3.05, 3.63) is 35.4 Å². The zero-order valence-electron chi connectivity index (χ0n) is 19.3. The Balaban J connectivity index is 2.64. The van der Waals surface area contributed by atoms with E-state index in [4.69, 9.17) is 4.74 Å². The Morgan fingerprint density at radius 1 is 1.03 bits per heavy atom. The van der Waals surface area contributed by atoms with Crippen LogP contribution in [0.3, 0.4) is 0 Å². The lowest BCUT2D eigenvalue weighted by Gasteiger charge is -2.29. The zero-order valence-corrected chi connectivity index (χ0v) is 19.3. The molecule has 7 nitrogen and oxygen atoms in total. The van der Waals surface area contributed by atoms with Crippen LogP contribution in [0, 0.1) is 0 Å². The molecule has 7 heteroatoms. The minimum Gasteiger partial charge on any atom is -0.444 e. The summed E-state index contributed by atoms with van der Waals surface area (Å²) in [5.41, 5.74) is 1.41. The largest absolute Gasteiger partial charge is 0.444 e. The molecule has 0 radical (unpaired) electrons. The third-order valence-electron chi connectivity index (χ3n) is 3.82. The Hall–Kier alpha value is -2.28. The SMILES string of the molecule is CCNC(=NCc1ccc(CN(C)C)cc1)NCC(C)(C)NC(=O)OC(C)(C)C. The standard InChI is InChI=1S/C22H39N5O2/c1-9-23-19(24-14-17-10-12-18(13-11-17)15-27(7)8)25-16-22(5,6)26-20(28)29-21(2,3)4/h10-13H,9,14-16H2,1-8H3,(H,26,28)(H2,23,24,25). The van der Waals surface area contributed by atoms with Crippen molar-refractivity contribution in [1.82, 2.24) is 20.9 Å². The minimum atomic E-state index is -0.522. The number of aliphatic imine (C=N–C) groups is 1. The lowest BCUT2D eigenvalue weighted by Crippen LogP contribution is -2.54. The van der Waals surface area contributed by atoms with Gasteiger partial charge in [0.25, 0.3) is 0 Å². The van der Waals surface area contributed by atoms with Crippen LogP contribution < -0.4 is 16.0 Å². The van der Waals surface area contributed by atoms with Crippen molar-refractivity contribution in [2.24, 2.45) is 4.99 Å². The van der Waals surface area contributed by atoms with Crippen LogP contribution in [-0.4, -0.2) is 55.3 Å². The highest BCUT2D eigenvalue weighted by Gasteiger charge is 2.24. The Kier molecular flexibility index (Phi) is 9.43. The van der Waals surface area contributed by atoms with Gasteiger partial charge in [-0.05, 0) is 66.8 Å². The van der Waals surface area contributed by atoms with Gasteiger partial charge in [-0.2, -0.15) is 0 Å². The van der Waals surface area contributed by atoms with Gasteiger partial charge in [0.15, 0.2) is 5.96 Å². The molecule has 1 aromatic rings. The maximum absolute atomic E-state index is 12.0. The van der Waals surface area contributed by atoms with E-state index in [-0.39, 0.29) is 0 Å². The highest BCUT2D eigenvalue weighted by Crippen LogP contribution is 2.09. The van der Waals surface area contributed by atoms with Gasteiger partial charge in [-0.3, -0.25) is 0 Å². The van der Waals surface area contributed by atoms with Gasteiger partial charge in [0.1, 0.15) is 5.60 Å². The van der Waals surface area contributed by atoms with Crippen LogP contribution >= 0.6 is 0 Å². The second kappa shape index (κ2) is 11.0. The van der Waals surface area contributed by atoms with Gasteiger partial charge in [-0.25, -0.2) is 9.79 Å². The maximum atomic E-state index is 12.0. The van der Waals surface area contributed by atoms with Crippen molar-refractivity contribution < 1.29 is 9.53 Å². The number of rotatable bonds is 8. The molecule has 0 bridgehead atoms. The molecule has 1 aromatic carbocycles. The molecule has 0 fully saturated rings. The van der Waals surface area contributed by atoms with E-state index in [9.17, 15) is 4.79 Å². The average Bonchev–Trinajstić information content (AvgIpc) is 2.56. The smallest absolute Gasteiger partial charge is 0.408 e. The Morgan fingerprint density at radius 3 is 2.14 bits per heavy atom. The number of guanidine groups is 1. The number of benzene rings is 1. The average molecular weight is 406 g/mol. The number of hydrogen-bond acceptors (Lipinski definition) is 4. The molecule has 0 spiro atoms. The van der Waals surface area contributed by atoms with Crippen molar-refractivity contribution >= 4 is 12.1 Å². The summed E-state index contributed by atoms with van der Waals surface area (Å²) in [6, 6.07) is 8.50. The van der Waals surface area contributed by atoms with Crippen LogP contribution in [0.15, 0.2) is 29.3 Å². The molecule has 3 N–H and O–H groups in total. The van der Waals surface area contributed by atoms with E-state index in [0.29, 0.717) is 19.0 Å². The third kappa shape index (κ3) is 11.3. The summed E-state index contributed by atoms with van der Waals surface area (Å²) in [5, 5.41) is 9.44. The predicted molar refractivity (Wildman–Crippen MR) is 120 cm³/mol. The van der Waals surface area contributed by atoms with E-state index < -0.39 is 17.2 Å². The molecular weight excluding hydrogens is 366 g/mol. The van der Waals surface area contributed by atoms with E-state index in [0.717, 1.165) is 18.7 Å². The van der Waals surface area contributed by atoms with Crippen molar-refractivity contribution in [2.45, 2.75) is 65.8 Å². The van der Waals surface area contributed by atoms with Crippen LogP contribution in [0.5, 0.6) is 0 Å². The van der Waals surface area contributed by atoms with Crippen LogP contribution in [0.4, 0.5) is 4.79 Å². The lowest BCUT2D eigenvalue weighted by molar-refractivity contribution is 0.0474. The summed E-state index contributed by atoms with van der Waals surface area (Å²) in [7, 11) is 4.12. The van der Waals surface area contributed by atoms with Crippen LogP contribution in [0.2, 0.25) is 0 Å². The van der Waals surface area contributed by atoms with E-state index >= 15 is 0 Å². The molecule has 0 aliphatic rings. The first-order chi connectivity index (χ1) is 13.4. The third-order valence-corrected chi connectivity index (χ3v) is 3.82. The van der Waals surface area contributed by atoms with E-state index in [1.54, 1.807) is 0 Å². The fourth-order valence-corrected chi connectivity index (χ4v) is 2.56. The number of amides is 1. The summed E-state index contributed by atoms with van der Waals surface area (Å²) >= 11 is 0. The van der Waals surface area contributed by atoms with E-state index in [1.165, 1.54) is 5.56 Å². The van der Waals surface area contributed by atoms with Gasteiger partial charge in [-0.15, -0.1) is 0 Å². The molecule has 0 atom stereocenters. The number of carbonyl (C=O) groups is 1. The van der Waals surface area contributed by atoms with Gasteiger partial charge in [0, 0.05) is 19.6 Å². The Bertz CT molecular complexity index is 661. The van der Waals surface area contributed by atoms with E-state index in [2.05, 4.69) is 64.2 Å². The quantitative estimate of drug-likeness (QED) is 0.458. The molecular formula is C22H39N5O2. The molecule has 0 aliphatic carbocycles. The number of alkyl carbamates (subject to hydrolysis) is 1. The molecule has 164 valence electrons. The topological polar surface area (TPSA) is 78.0 Å². The molecule has 0 unspecified atom stereocenters. The van der Waals surface area contributed by atoms with Gasteiger partial charge in [0.2, 0.25) is 0 Å². The first-order valence-corrected chi connectivity index (χ1v) is 10.2. The highest BCUT2D eigenvalue weighted by atomic mass is 16.6. The van der Waals surface area contributed by atoms with Crippen LogP contribution in [0.25, 0.3) is 0 Å². The Morgan fingerprint density at radius 2 is 1.62 bits per heavy atom. The predicted octanol–water partition coefficient (Wildman–Crippen LogP) is 3.11. The molecule has 0 saturated carbocycles. The number of nitrogens with zero attached hydrogens (tertiary/aromatic N) is 2. The number of hydrogen-bond donors (Lipinski definition) is 3. The Labute approximate surface area is 176 Å². The normalized spacial score (nSPS) is 12.7. The van der Waals surface area contributed by atoms with Crippen molar-refractivity contribution in [3.8, 4) is 0 Å². The second-order valence-electron chi connectivity index (χ2n) is 9.11. The second-order valence-corrected chi connectivity index (χ2v) is 9.11. The van der Waals surface area contributed by atoms with Gasteiger partial charge in [0.05, 0.1) is 12.1 Å². The summed E-state index contributed by atoms with van der Waals surface area (Å²) < 4.78 is 5.34. The first kappa shape index (κ1) is 24.8. The van der Waals surface area contributed by atoms with Crippen LogP contribution in [0.1, 0.15) is 52.7 Å². The molecule has 0 aromatic heterocycles. The number of carbonyl (C=O) groups excluding carboxylic acids is 1. The summed E-state index contributed by atoms with van der Waals surface area (Å²) in [6.07, 6.45) is -0.427.